The molecule has 0 spiro atoms. The van der Waals surface area contributed by atoms with Crippen LogP contribution >= 0.6 is 0 Å². The highest BCUT2D eigenvalue weighted by molar-refractivity contribution is 5.84. The Hall–Kier alpha value is -1.85. The van der Waals surface area contributed by atoms with Gasteiger partial charge < -0.3 is 24.6 Å². The molecule has 8 heteroatoms. The molecule has 3 aliphatic rings. The van der Waals surface area contributed by atoms with Gasteiger partial charge in [-0.2, -0.15) is 5.26 Å². The summed E-state index contributed by atoms with van der Waals surface area (Å²) in [7, 11) is 0. The lowest BCUT2D eigenvalue weighted by Gasteiger charge is -2.41. The van der Waals surface area contributed by atoms with Gasteiger partial charge in [0.2, 0.25) is 0 Å². The summed E-state index contributed by atoms with van der Waals surface area (Å²) >= 11 is 0. The Kier molecular flexibility index (Phi) is 8.56. The van der Waals surface area contributed by atoms with Crippen LogP contribution in [0.15, 0.2) is 0 Å². The van der Waals surface area contributed by atoms with Crippen LogP contribution in [0.1, 0.15) is 58.8 Å². The zero-order valence-corrected chi connectivity index (χ0v) is 19.1. The molecule has 0 radical (unpaired) electrons. The van der Waals surface area contributed by atoms with E-state index in [-0.39, 0.29) is 23.8 Å². The number of hydrogen-bond donors (Lipinski definition) is 1. The molecule has 3 rings (SSSR count). The van der Waals surface area contributed by atoms with E-state index >= 15 is 0 Å². The third kappa shape index (κ3) is 6.33. The Balaban J connectivity index is 1.77. The summed E-state index contributed by atoms with van der Waals surface area (Å²) in [5.41, 5.74) is 0.120. The molecule has 1 saturated carbocycles. The molecular weight excluding hydrogens is 396 g/mol. The largest absolute Gasteiger partial charge is 0.436 e. The zero-order valence-electron chi connectivity index (χ0n) is 19.1. The molecule has 8 nitrogen and oxygen atoms in total. The number of nitrogens with one attached hydrogen (secondary N) is 1. The Morgan fingerprint density at radius 3 is 2.71 bits per heavy atom. The lowest BCUT2D eigenvalue weighted by Crippen LogP contribution is -2.51. The molecule has 3 fully saturated rings. The third-order valence-corrected chi connectivity index (χ3v) is 7.24. The van der Waals surface area contributed by atoms with Crippen LogP contribution in [0.2, 0.25) is 0 Å². The smallest absolute Gasteiger partial charge is 0.410 e. The normalized spacial score (nSPS) is 26.7. The number of rotatable bonds is 7. The highest BCUT2D eigenvalue weighted by Gasteiger charge is 2.40. The van der Waals surface area contributed by atoms with Crippen molar-refractivity contribution >= 4 is 12.0 Å². The molecule has 0 bridgehead atoms. The van der Waals surface area contributed by atoms with Crippen LogP contribution in [0.5, 0.6) is 0 Å². The third-order valence-electron chi connectivity index (χ3n) is 7.24. The molecule has 0 aromatic carbocycles. The number of carbonyl (C=O) groups excluding carboxylic acids is 2. The van der Waals surface area contributed by atoms with Crippen LogP contribution in [0.3, 0.4) is 0 Å². The van der Waals surface area contributed by atoms with E-state index in [0.29, 0.717) is 45.2 Å². The van der Waals surface area contributed by atoms with Crippen LogP contribution in [0.4, 0.5) is 4.79 Å². The van der Waals surface area contributed by atoms with Gasteiger partial charge in [-0.25, -0.2) is 4.79 Å². The molecule has 3 atom stereocenters. The second kappa shape index (κ2) is 11.1. The van der Waals surface area contributed by atoms with Crippen LogP contribution in [-0.2, 0) is 14.3 Å². The van der Waals surface area contributed by atoms with Gasteiger partial charge in [-0.1, -0.05) is 26.7 Å². The first-order valence-corrected chi connectivity index (χ1v) is 11.8. The van der Waals surface area contributed by atoms with E-state index < -0.39 is 12.2 Å². The fourth-order valence-electron chi connectivity index (χ4n) is 5.14. The summed E-state index contributed by atoms with van der Waals surface area (Å²) < 4.78 is 11.2. The van der Waals surface area contributed by atoms with Gasteiger partial charge in [-0.15, -0.1) is 0 Å². The lowest BCUT2D eigenvalue weighted by molar-refractivity contribution is -0.145. The zero-order chi connectivity index (χ0) is 22.3. The van der Waals surface area contributed by atoms with Crippen molar-refractivity contribution in [1.82, 2.24) is 15.1 Å². The summed E-state index contributed by atoms with van der Waals surface area (Å²) in [6.07, 6.45) is 4.98. The van der Waals surface area contributed by atoms with Crippen LogP contribution < -0.4 is 5.32 Å². The fourth-order valence-corrected chi connectivity index (χ4v) is 5.14. The van der Waals surface area contributed by atoms with Crippen molar-refractivity contribution in [2.24, 2.45) is 11.3 Å². The van der Waals surface area contributed by atoms with Gasteiger partial charge in [0.15, 0.2) is 6.10 Å². The molecule has 174 valence electrons. The monoisotopic (exact) mass is 434 g/mol. The van der Waals surface area contributed by atoms with E-state index in [2.05, 4.69) is 25.2 Å². The van der Waals surface area contributed by atoms with Crippen molar-refractivity contribution in [2.75, 3.05) is 45.9 Å². The first-order valence-electron chi connectivity index (χ1n) is 11.8. The number of ether oxygens (including phenoxy) is 2. The average molecular weight is 435 g/mol. The second-order valence-electron chi connectivity index (χ2n) is 9.73. The SMILES string of the molecule is CC1(C)CCCCC1CC(OC(=O)N1CCOCC1)C(=O)N(CCC#N)C1CCNC1. The van der Waals surface area contributed by atoms with Gasteiger partial charge in [0, 0.05) is 32.2 Å². The maximum Gasteiger partial charge on any atom is 0.410 e. The summed E-state index contributed by atoms with van der Waals surface area (Å²) in [5, 5.41) is 12.4. The van der Waals surface area contributed by atoms with Crippen LogP contribution in [-0.4, -0.2) is 79.9 Å². The summed E-state index contributed by atoms with van der Waals surface area (Å²) in [6.45, 7) is 8.43. The maximum atomic E-state index is 13.7. The van der Waals surface area contributed by atoms with Crippen molar-refractivity contribution in [3.05, 3.63) is 0 Å². The molecular formula is C23H38N4O4. The Labute approximate surface area is 186 Å². The number of nitriles is 1. The maximum absolute atomic E-state index is 13.7. The van der Waals surface area contributed by atoms with Crippen molar-refractivity contribution in [3.8, 4) is 6.07 Å². The van der Waals surface area contributed by atoms with E-state index in [4.69, 9.17) is 14.7 Å². The van der Waals surface area contributed by atoms with Gasteiger partial charge in [0.25, 0.3) is 5.91 Å². The topological polar surface area (TPSA) is 94.9 Å². The molecule has 1 N–H and O–H groups in total. The summed E-state index contributed by atoms with van der Waals surface area (Å²) in [6, 6.07) is 2.20. The average Bonchev–Trinajstić information content (AvgIpc) is 3.29. The highest BCUT2D eigenvalue weighted by Crippen LogP contribution is 2.43. The first-order chi connectivity index (χ1) is 14.9. The summed E-state index contributed by atoms with van der Waals surface area (Å²) in [4.78, 5) is 30.0. The number of hydrogen-bond acceptors (Lipinski definition) is 6. The minimum atomic E-state index is -0.808. The van der Waals surface area contributed by atoms with E-state index in [1.807, 2.05) is 0 Å². The predicted molar refractivity (Wildman–Crippen MR) is 116 cm³/mol. The molecule has 2 heterocycles. The molecule has 2 aliphatic heterocycles. The minimum Gasteiger partial charge on any atom is -0.436 e. The number of nitrogens with zero attached hydrogens (tertiary/aromatic N) is 3. The number of amides is 2. The minimum absolute atomic E-state index is 0.0461. The van der Waals surface area contributed by atoms with Gasteiger partial charge in [-0.05, 0) is 43.6 Å². The number of morpholine rings is 1. The summed E-state index contributed by atoms with van der Waals surface area (Å²) in [5.74, 6) is 0.180. The predicted octanol–water partition coefficient (Wildman–Crippen LogP) is 2.53. The van der Waals surface area contributed by atoms with Crippen molar-refractivity contribution in [1.29, 1.82) is 5.26 Å². The highest BCUT2D eigenvalue weighted by atomic mass is 16.6. The van der Waals surface area contributed by atoms with E-state index in [0.717, 1.165) is 38.8 Å². The van der Waals surface area contributed by atoms with Gasteiger partial charge in [0.05, 0.1) is 25.7 Å². The van der Waals surface area contributed by atoms with E-state index in [1.54, 1.807) is 9.80 Å². The van der Waals surface area contributed by atoms with E-state index in [9.17, 15) is 9.59 Å². The fraction of sp³-hybridized carbons (Fsp3) is 0.870. The Morgan fingerprint density at radius 1 is 1.29 bits per heavy atom. The second-order valence-corrected chi connectivity index (χ2v) is 9.73. The Bertz CT molecular complexity index is 650. The van der Waals surface area contributed by atoms with Gasteiger partial charge in [-0.3, -0.25) is 4.79 Å². The Morgan fingerprint density at radius 2 is 2.06 bits per heavy atom. The first kappa shape index (κ1) is 23.8. The van der Waals surface area contributed by atoms with Crippen molar-refractivity contribution in [2.45, 2.75) is 70.9 Å². The molecule has 1 aliphatic carbocycles. The molecule has 3 unspecified atom stereocenters. The molecule has 2 saturated heterocycles. The van der Waals surface area contributed by atoms with Gasteiger partial charge in [0.1, 0.15) is 0 Å². The molecule has 0 aromatic rings. The van der Waals surface area contributed by atoms with Crippen molar-refractivity contribution in [3.63, 3.8) is 0 Å². The van der Waals surface area contributed by atoms with E-state index in [1.165, 1.54) is 6.42 Å². The molecule has 31 heavy (non-hydrogen) atoms. The van der Waals surface area contributed by atoms with Crippen molar-refractivity contribution < 1.29 is 19.1 Å². The van der Waals surface area contributed by atoms with Crippen LogP contribution in [0.25, 0.3) is 0 Å². The molecule has 2 amide bonds. The quantitative estimate of drug-likeness (QED) is 0.662. The standard InChI is InChI=1S/C23H38N4O4/c1-23(2)8-4-3-6-18(23)16-20(31-22(29)26-12-14-30-15-13-26)21(28)27(11-5-9-24)19-7-10-25-17-19/h18-20,25H,3-8,10-17H2,1-2H3. The lowest BCUT2D eigenvalue weighted by atomic mass is 9.67. The molecule has 0 aromatic heterocycles. The van der Waals surface area contributed by atoms with Crippen LogP contribution in [0, 0.1) is 22.7 Å². The number of carbonyl (C=O) groups is 2. The van der Waals surface area contributed by atoms with Gasteiger partial charge >= 0.3 is 6.09 Å².